The molecule has 0 aliphatic carbocycles. The van der Waals surface area contributed by atoms with E-state index in [-0.39, 0.29) is 0 Å². The Balaban J connectivity index is 2.40. The number of hydrogen-bond donors (Lipinski definition) is 1. The molecule has 1 aromatic carbocycles. The van der Waals surface area contributed by atoms with Crippen molar-refractivity contribution in [2.45, 2.75) is 26.8 Å². The molecule has 0 aliphatic rings. The maximum atomic E-state index is 3.57. The summed E-state index contributed by atoms with van der Waals surface area (Å²) in [7, 11) is 0. The van der Waals surface area contributed by atoms with E-state index in [2.05, 4.69) is 72.3 Å². The molecule has 0 bridgehead atoms. The lowest BCUT2D eigenvalue weighted by molar-refractivity contribution is 0.639. The fourth-order valence-corrected chi connectivity index (χ4v) is 3.77. The normalized spacial score (nSPS) is 12.7. The molecule has 1 nitrogen and oxygen atoms in total. The maximum absolute atomic E-state index is 3.57. The van der Waals surface area contributed by atoms with Gasteiger partial charge in [-0.25, -0.2) is 0 Å². The molecule has 0 spiro atoms. The Labute approximate surface area is 121 Å². The topological polar surface area (TPSA) is 12.0 Å². The summed E-state index contributed by atoms with van der Waals surface area (Å²) in [5, 5.41) is 3.57. The summed E-state index contributed by atoms with van der Waals surface area (Å²) in [4.78, 5) is 1.36. The second-order valence-corrected chi connectivity index (χ2v) is 7.05. The summed E-state index contributed by atoms with van der Waals surface area (Å²) < 4.78 is 1.18. The van der Waals surface area contributed by atoms with Gasteiger partial charge < -0.3 is 5.32 Å². The van der Waals surface area contributed by atoms with Crippen LogP contribution in [0, 0.1) is 13.8 Å². The minimum absolute atomic E-state index is 0.296. The van der Waals surface area contributed by atoms with E-state index in [1.165, 1.54) is 25.4 Å². The van der Waals surface area contributed by atoms with Crippen LogP contribution in [0.15, 0.2) is 34.1 Å². The number of aryl methyl sites for hydroxylation is 2. The highest BCUT2D eigenvalue weighted by Gasteiger charge is 2.15. The van der Waals surface area contributed by atoms with E-state index < -0.39 is 0 Å². The summed E-state index contributed by atoms with van der Waals surface area (Å²) >= 11 is 5.34. The van der Waals surface area contributed by atoms with Gasteiger partial charge in [0.2, 0.25) is 0 Å². The van der Waals surface area contributed by atoms with E-state index in [0.29, 0.717) is 6.04 Å². The second kappa shape index (κ2) is 6.00. The van der Waals surface area contributed by atoms with Gasteiger partial charge in [-0.15, -0.1) is 11.3 Å². The summed E-state index contributed by atoms with van der Waals surface area (Å²) in [6, 6.07) is 11.4. The summed E-state index contributed by atoms with van der Waals surface area (Å²) in [5.41, 5.74) is 4.00. The molecule has 1 atom stereocenters. The summed E-state index contributed by atoms with van der Waals surface area (Å²) in [5.74, 6) is 0. The van der Waals surface area contributed by atoms with Crippen LogP contribution in [0.2, 0.25) is 0 Å². The zero-order chi connectivity index (χ0) is 13.1. The fourth-order valence-electron chi connectivity index (χ4n) is 2.25. The number of benzene rings is 1. The Hall–Kier alpha value is -0.640. The van der Waals surface area contributed by atoms with Crippen molar-refractivity contribution in [1.82, 2.24) is 5.32 Å². The van der Waals surface area contributed by atoms with E-state index in [4.69, 9.17) is 0 Å². The first kappa shape index (κ1) is 13.8. The van der Waals surface area contributed by atoms with E-state index in [0.717, 1.165) is 6.54 Å². The van der Waals surface area contributed by atoms with Crippen LogP contribution in [-0.2, 0) is 0 Å². The largest absolute Gasteiger partial charge is 0.306 e. The smallest absolute Gasteiger partial charge is 0.0702 e. The molecular weight excluding hydrogens is 306 g/mol. The van der Waals surface area contributed by atoms with Crippen molar-refractivity contribution in [3.8, 4) is 0 Å². The SMILES string of the molecule is CCNC(c1cc(C)cc(C)c1)c1ccc(Br)s1. The van der Waals surface area contributed by atoms with Crippen LogP contribution in [-0.4, -0.2) is 6.54 Å². The van der Waals surface area contributed by atoms with Crippen molar-refractivity contribution in [2.75, 3.05) is 6.54 Å². The van der Waals surface area contributed by atoms with Crippen molar-refractivity contribution in [1.29, 1.82) is 0 Å². The van der Waals surface area contributed by atoms with Gasteiger partial charge in [0.05, 0.1) is 9.83 Å². The maximum Gasteiger partial charge on any atom is 0.0702 e. The van der Waals surface area contributed by atoms with E-state index in [1.807, 2.05) is 0 Å². The summed E-state index contributed by atoms with van der Waals surface area (Å²) in [6.45, 7) is 7.43. The van der Waals surface area contributed by atoms with Gasteiger partial charge in [0.25, 0.3) is 0 Å². The van der Waals surface area contributed by atoms with Gasteiger partial charge in [0.15, 0.2) is 0 Å². The molecule has 0 saturated carbocycles. The van der Waals surface area contributed by atoms with Crippen molar-refractivity contribution >= 4 is 27.3 Å². The standard InChI is InChI=1S/C15H18BrNS/c1-4-17-15(13-5-6-14(16)18-13)12-8-10(2)7-11(3)9-12/h5-9,15,17H,4H2,1-3H3. The molecule has 0 radical (unpaired) electrons. The average Bonchev–Trinajstić information content (AvgIpc) is 2.71. The zero-order valence-electron chi connectivity index (χ0n) is 11.0. The lowest BCUT2D eigenvalue weighted by atomic mass is 10.0. The van der Waals surface area contributed by atoms with Crippen LogP contribution in [0.4, 0.5) is 0 Å². The second-order valence-electron chi connectivity index (χ2n) is 4.55. The minimum atomic E-state index is 0.296. The third kappa shape index (κ3) is 3.22. The fraction of sp³-hybridized carbons (Fsp3) is 0.333. The van der Waals surface area contributed by atoms with Gasteiger partial charge in [-0.3, -0.25) is 0 Å². The molecule has 0 saturated heterocycles. The molecule has 1 N–H and O–H groups in total. The molecular formula is C15H18BrNS. The van der Waals surface area contributed by atoms with Crippen LogP contribution in [0.25, 0.3) is 0 Å². The predicted octanol–water partition coefficient (Wildman–Crippen LogP) is 4.83. The van der Waals surface area contributed by atoms with E-state index in [1.54, 1.807) is 11.3 Å². The number of nitrogens with one attached hydrogen (secondary N) is 1. The Morgan fingerprint density at radius 3 is 2.33 bits per heavy atom. The third-order valence-corrected chi connectivity index (χ3v) is 4.55. The average molecular weight is 324 g/mol. The molecule has 96 valence electrons. The molecule has 1 heterocycles. The van der Waals surface area contributed by atoms with Gasteiger partial charge in [0, 0.05) is 4.88 Å². The Bertz CT molecular complexity index is 513. The molecule has 1 aromatic heterocycles. The van der Waals surface area contributed by atoms with Crippen molar-refractivity contribution in [3.05, 3.63) is 55.7 Å². The van der Waals surface area contributed by atoms with Gasteiger partial charge >= 0.3 is 0 Å². The predicted molar refractivity (Wildman–Crippen MR) is 83.5 cm³/mol. The highest BCUT2D eigenvalue weighted by molar-refractivity contribution is 9.11. The zero-order valence-corrected chi connectivity index (χ0v) is 13.4. The van der Waals surface area contributed by atoms with Crippen LogP contribution in [0.1, 0.15) is 34.5 Å². The molecule has 0 amide bonds. The van der Waals surface area contributed by atoms with Crippen LogP contribution in [0.3, 0.4) is 0 Å². The molecule has 3 heteroatoms. The monoisotopic (exact) mass is 323 g/mol. The molecule has 2 rings (SSSR count). The van der Waals surface area contributed by atoms with E-state index in [9.17, 15) is 0 Å². The number of thiophene rings is 1. The first-order valence-electron chi connectivity index (χ1n) is 6.17. The number of hydrogen-bond acceptors (Lipinski definition) is 2. The minimum Gasteiger partial charge on any atom is -0.306 e. The van der Waals surface area contributed by atoms with Gasteiger partial charge in [-0.2, -0.15) is 0 Å². The first-order valence-corrected chi connectivity index (χ1v) is 7.78. The Morgan fingerprint density at radius 2 is 1.83 bits per heavy atom. The van der Waals surface area contributed by atoms with Gasteiger partial charge in [-0.1, -0.05) is 36.2 Å². The van der Waals surface area contributed by atoms with Crippen molar-refractivity contribution in [3.63, 3.8) is 0 Å². The molecule has 1 unspecified atom stereocenters. The highest BCUT2D eigenvalue weighted by Crippen LogP contribution is 2.32. The van der Waals surface area contributed by atoms with E-state index >= 15 is 0 Å². The molecule has 0 fully saturated rings. The van der Waals surface area contributed by atoms with Gasteiger partial charge in [-0.05, 0) is 54.0 Å². The Morgan fingerprint density at radius 1 is 1.17 bits per heavy atom. The Kier molecular flexibility index (Phi) is 4.60. The van der Waals surface area contributed by atoms with Crippen molar-refractivity contribution < 1.29 is 0 Å². The quantitative estimate of drug-likeness (QED) is 0.850. The molecule has 0 aliphatic heterocycles. The molecule has 2 aromatic rings. The first-order chi connectivity index (χ1) is 8.60. The summed E-state index contributed by atoms with van der Waals surface area (Å²) in [6.07, 6.45) is 0. The van der Waals surface area contributed by atoms with Crippen LogP contribution in [0.5, 0.6) is 0 Å². The van der Waals surface area contributed by atoms with Crippen LogP contribution >= 0.6 is 27.3 Å². The highest BCUT2D eigenvalue weighted by atomic mass is 79.9. The number of halogens is 1. The number of rotatable bonds is 4. The van der Waals surface area contributed by atoms with Crippen LogP contribution < -0.4 is 5.32 Å². The molecule has 18 heavy (non-hydrogen) atoms. The van der Waals surface area contributed by atoms with Gasteiger partial charge in [0.1, 0.15) is 0 Å². The lowest BCUT2D eigenvalue weighted by Crippen LogP contribution is -2.21. The third-order valence-electron chi connectivity index (χ3n) is 2.86. The van der Waals surface area contributed by atoms with Crippen molar-refractivity contribution in [2.24, 2.45) is 0 Å². The lowest BCUT2D eigenvalue weighted by Gasteiger charge is -2.18.